The van der Waals surface area contributed by atoms with Crippen LogP contribution in [0.4, 0.5) is 0 Å². The number of carboxylic acid groups (broad SMARTS) is 1. The van der Waals surface area contributed by atoms with Gasteiger partial charge in [-0.15, -0.1) is 0 Å². The Labute approximate surface area is 104 Å². The minimum Gasteiger partial charge on any atom is -0.481 e. The van der Waals surface area contributed by atoms with E-state index >= 15 is 0 Å². The number of carbonyl (C=O) groups excluding carboxylic acids is 1. The molecule has 1 unspecified atom stereocenters. The first-order chi connectivity index (χ1) is 8.11. The third-order valence-electron chi connectivity index (χ3n) is 1.75. The van der Waals surface area contributed by atoms with Gasteiger partial charge in [0, 0.05) is 0 Å². The fourth-order valence-corrected chi connectivity index (χ4v) is 1.84. The minimum atomic E-state index is -4.20. The van der Waals surface area contributed by atoms with Crippen LogP contribution in [-0.2, 0) is 18.9 Å². The highest BCUT2D eigenvalue weighted by molar-refractivity contribution is 7.52. The Hall–Kier alpha value is -1.21. The van der Waals surface area contributed by atoms with Gasteiger partial charge in [0.05, 0.1) is 12.6 Å². The van der Waals surface area contributed by atoms with Crippen molar-refractivity contribution in [1.29, 1.82) is 0 Å². The van der Waals surface area contributed by atoms with E-state index in [-0.39, 0.29) is 18.6 Å². The molecule has 0 bridgehead atoms. The monoisotopic (exact) mass is 281 g/mol. The molecule has 0 aromatic heterocycles. The van der Waals surface area contributed by atoms with E-state index in [1.807, 2.05) is 0 Å². The summed E-state index contributed by atoms with van der Waals surface area (Å²) in [7, 11) is -4.20. The van der Waals surface area contributed by atoms with E-state index in [9.17, 15) is 14.2 Å². The molecule has 18 heavy (non-hydrogen) atoms. The first-order valence-electron chi connectivity index (χ1n) is 4.97. The van der Waals surface area contributed by atoms with E-state index in [0.29, 0.717) is 0 Å². The molecule has 0 aromatic carbocycles. The average molecular weight is 281 g/mol. The van der Waals surface area contributed by atoms with Crippen LogP contribution < -0.4 is 5.73 Å². The number of esters is 1. The molecular weight excluding hydrogens is 265 g/mol. The van der Waals surface area contributed by atoms with Gasteiger partial charge in [-0.1, -0.05) is 11.6 Å². The van der Waals surface area contributed by atoms with Crippen molar-refractivity contribution in [3.8, 4) is 0 Å². The molecule has 5 N–H and O–H groups in total. The van der Waals surface area contributed by atoms with E-state index in [2.05, 4.69) is 4.74 Å². The van der Waals surface area contributed by atoms with Crippen molar-refractivity contribution in [1.82, 2.24) is 0 Å². The summed E-state index contributed by atoms with van der Waals surface area (Å²) in [4.78, 5) is 38.8. The van der Waals surface area contributed by atoms with Gasteiger partial charge in [-0.3, -0.25) is 14.2 Å². The van der Waals surface area contributed by atoms with Crippen LogP contribution in [0.15, 0.2) is 11.6 Å². The molecule has 1 atom stereocenters. The first kappa shape index (κ1) is 16.8. The molecule has 0 amide bonds. The third-order valence-corrected chi connectivity index (χ3v) is 2.66. The van der Waals surface area contributed by atoms with Crippen molar-refractivity contribution in [2.75, 3.05) is 12.8 Å². The van der Waals surface area contributed by atoms with Gasteiger partial charge >= 0.3 is 19.5 Å². The molecule has 0 saturated heterocycles. The number of hydrogen-bond acceptors (Lipinski definition) is 5. The van der Waals surface area contributed by atoms with Crippen molar-refractivity contribution in [3.05, 3.63) is 11.6 Å². The predicted octanol–water partition coefficient (Wildman–Crippen LogP) is -0.544. The highest BCUT2D eigenvalue weighted by Gasteiger charge is 2.17. The van der Waals surface area contributed by atoms with Crippen molar-refractivity contribution in [3.63, 3.8) is 0 Å². The number of aliphatic carboxylic acids is 1. The van der Waals surface area contributed by atoms with Crippen LogP contribution >= 0.6 is 7.60 Å². The Kier molecular flexibility index (Phi) is 6.79. The van der Waals surface area contributed by atoms with Crippen LogP contribution in [-0.4, -0.2) is 45.6 Å². The minimum absolute atomic E-state index is 0.256. The SMILES string of the molecule is CC(=CC(N)C(=O)OCCC(=O)O)CP(=O)(O)O. The Balaban J connectivity index is 4.25. The average Bonchev–Trinajstić information content (AvgIpc) is 2.13. The molecule has 104 valence electrons. The molecule has 0 radical (unpaired) electrons. The predicted molar refractivity (Wildman–Crippen MR) is 61.9 cm³/mol. The van der Waals surface area contributed by atoms with Gasteiger partial charge in [0.25, 0.3) is 0 Å². The Morgan fingerprint density at radius 1 is 1.44 bits per heavy atom. The Bertz CT molecular complexity index is 386. The molecule has 0 rings (SSSR count). The number of rotatable bonds is 7. The quantitative estimate of drug-likeness (QED) is 0.276. The second-order valence-corrected chi connectivity index (χ2v) is 5.32. The van der Waals surface area contributed by atoms with Crippen LogP contribution in [0.25, 0.3) is 0 Å². The summed E-state index contributed by atoms with van der Waals surface area (Å²) in [5.41, 5.74) is 5.66. The Morgan fingerprint density at radius 2 is 2.00 bits per heavy atom. The highest BCUT2D eigenvalue weighted by atomic mass is 31.2. The molecule has 0 saturated carbocycles. The van der Waals surface area contributed by atoms with Crippen LogP contribution in [0.3, 0.4) is 0 Å². The van der Waals surface area contributed by atoms with Crippen molar-refractivity contribution < 1.29 is 33.8 Å². The van der Waals surface area contributed by atoms with Crippen LogP contribution in [0.5, 0.6) is 0 Å². The summed E-state index contributed by atoms with van der Waals surface area (Å²) in [6.07, 6.45) is 0.342. The van der Waals surface area contributed by atoms with Gasteiger partial charge < -0.3 is 25.4 Å². The Morgan fingerprint density at radius 3 is 2.44 bits per heavy atom. The summed E-state index contributed by atoms with van der Waals surface area (Å²) < 4.78 is 15.2. The van der Waals surface area contributed by atoms with Crippen LogP contribution in [0.1, 0.15) is 13.3 Å². The smallest absolute Gasteiger partial charge is 0.329 e. The lowest BCUT2D eigenvalue weighted by atomic mass is 10.2. The van der Waals surface area contributed by atoms with E-state index in [1.54, 1.807) is 0 Å². The summed E-state index contributed by atoms with van der Waals surface area (Å²) in [6, 6.07) is -1.18. The van der Waals surface area contributed by atoms with Gasteiger partial charge in [-0.2, -0.15) is 0 Å². The number of hydrogen-bond donors (Lipinski definition) is 4. The van der Waals surface area contributed by atoms with Gasteiger partial charge in [-0.05, 0) is 6.92 Å². The van der Waals surface area contributed by atoms with Gasteiger partial charge in [-0.25, -0.2) is 0 Å². The third kappa shape index (κ3) is 8.89. The number of ether oxygens (including phenoxy) is 1. The maximum atomic E-state index is 11.2. The fraction of sp³-hybridized carbons (Fsp3) is 0.556. The van der Waals surface area contributed by atoms with Gasteiger partial charge in [0.1, 0.15) is 12.6 Å². The lowest BCUT2D eigenvalue weighted by molar-refractivity contribution is -0.146. The first-order valence-corrected chi connectivity index (χ1v) is 6.77. The molecule has 0 fully saturated rings. The second kappa shape index (κ2) is 7.27. The number of nitrogens with two attached hydrogens (primary N) is 1. The largest absolute Gasteiger partial charge is 0.481 e. The molecule has 0 spiro atoms. The summed E-state index contributed by atoms with van der Waals surface area (Å²) in [6.45, 7) is 1.12. The molecule has 0 aromatic rings. The zero-order chi connectivity index (χ0) is 14.3. The summed E-state index contributed by atoms with van der Waals surface area (Å²) >= 11 is 0. The molecular formula is C9H16NO7P. The number of carbonyl (C=O) groups is 2. The summed E-state index contributed by atoms with van der Waals surface area (Å²) in [5, 5.41) is 8.32. The van der Waals surface area contributed by atoms with Crippen LogP contribution in [0, 0.1) is 0 Å². The zero-order valence-corrected chi connectivity index (χ0v) is 10.7. The van der Waals surface area contributed by atoms with E-state index in [1.165, 1.54) is 13.0 Å². The second-order valence-electron chi connectivity index (χ2n) is 3.67. The number of allylic oxidation sites excluding steroid dienone is 1. The van der Waals surface area contributed by atoms with Gasteiger partial charge in [0.2, 0.25) is 0 Å². The number of carboxylic acids is 1. The van der Waals surface area contributed by atoms with E-state index in [0.717, 1.165) is 0 Å². The lowest BCUT2D eigenvalue weighted by Gasteiger charge is -2.09. The van der Waals surface area contributed by atoms with Crippen LogP contribution in [0.2, 0.25) is 0 Å². The molecule has 0 aliphatic rings. The highest BCUT2D eigenvalue weighted by Crippen LogP contribution is 2.36. The standard InChI is InChI=1S/C9H16NO7P/c1-6(5-18(14,15)16)4-7(10)9(13)17-3-2-8(11)12/h4,7H,2-3,5,10H2,1H3,(H,11,12)(H2,14,15,16). The van der Waals surface area contributed by atoms with Crippen molar-refractivity contribution in [2.24, 2.45) is 5.73 Å². The topological polar surface area (TPSA) is 147 Å². The van der Waals surface area contributed by atoms with Crippen molar-refractivity contribution in [2.45, 2.75) is 19.4 Å². The normalized spacial score (nSPS) is 14.1. The van der Waals surface area contributed by atoms with E-state index < -0.39 is 31.7 Å². The maximum absolute atomic E-state index is 11.2. The molecule has 0 aliphatic heterocycles. The zero-order valence-electron chi connectivity index (χ0n) is 9.78. The molecule has 0 aliphatic carbocycles. The molecule has 0 heterocycles. The summed E-state index contributed by atoms with van der Waals surface area (Å²) in [5.74, 6) is -1.95. The van der Waals surface area contributed by atoms with Gasteiger partial charge in [0.15, 0.2) is 0 Å². The molecule has 8 nitrogen and oxygen atoms in total. The van der Waals surface area contributed by atoms with E-state index in [4.69, 9.17) is 20.6 Å². The maximum Gasteiger partial charge on any atom is 0.329 e. The van der Waals surface area contributed by atoms with Crippen molar-refractivity contribution >= 4 is 19.5 Å². The lowest BCUT2D eigenvalue weighted by Crippen LogP contribution is -2.31. The fourth-order valence-electron chi connectivity index (χ4n) is 1.09. The molecule has 9 heteroatoms.